The van der Waals surface area contributed by atoms with Crippen LogP contribution >= 0.6 is 0 Å². The molecule has 0 heterocycles. The second kappa shape index (κ2) is 3.90. The van der Waals surface area contributed by atoms with Crippen LogP contribution in [0.1, 0.15) is 32.1 Å². The number of carbonyl (C=O) groups is 1. The molecule has 0 radical (unpaired) electrons. The third-order valence-electron chi connectivity index (χ3n) is 2.87. The van der Waals surface area contributed by atoms with E-state index < -0.39 is 0 Å². The Labute approximate surface area is 73.3 Å². The summed E-state index contributed by atoms with van der Waals surface area (Å²) in [7, 11) is 1.66. The predicted octanol–water partition coefficient (Wildman–Crippen LogP) is 1.07. The number of nitrogens with two attached hydrogens (primary N) is 1. The lowest BCUT2D eigenvalue weighted by Crippen LogP contribution is -2.35. The Hall–Kier alpha value is -0.570. The number of amides is 1. The average Bonchev–Trinajstić information content (AvgIpc) is 2.50. The number of carbonyl (C=O) groups excluding carboxylic acids is 1. The minimum atomic E-state index is -0.240. The molecule has 3 heteroatoms. The first-order valence-electron chi connectivity index (χ1n) is 4.50. The molecule has 1 saturated carbocycles. The summed E-state index contributed by atoms with van der Waals surface area (Å²) in [5.41, 5.74) is 5.14. The lowest BCUT2D eigenvalue weighted by molar-refractivity contribution is -0.128. The number of hydrogen-bond donors (Lipinski definition) is 1. The number of ether oxygens (including phenoxy) is 1. The second-order valence-electron chi connectivity index (χ2n) is 3.59. The number of primary amides is 1. The van der Waals surface area contributed by atoms with E-state index in [0.29, 0.717) is 6.61 Å². The maximum absolute atomic E-state index is 11.2. The summed E-state index contributed by atoms with van der Waals surface area (Å²) in [5, 5.41) is 0. The molecule has 1 aliphatic carbocycles. The van der Waals surface area contributed by atoms with E-state index in [9.17, 15) is 4.79 Å². The first-order valence-corrected chi connectivity index (χ1v) is 4.50. The summed E-state index contributed by atoms with van der Waals surface area (Å²) in [4.78, 5) is 11.2. The van der Waals surface area contributed by atoms with Gasteiger partial charge in [0.05, 0.1) is 5.41 Å². The summed E-state index contributed by atoms with van der Waals surface area (Å²) >= 11 is 0. The fourth-order valence-electron chi connectivity index (χ4n) is 1.97. The van der Waals surface area contributed by atoms with Gasteiger partial charge in [0.25, 0.3) is 0 Å². The van der Waals surface area contributed by atoms with Crippen molar-refractivity contribution in [3.05, 3.63) is 0 Å². The van der Waals surface area contributed by atoms with Gasteiger partial charge in [0.2, 0.25) is 5.91 Å². The van der Waals surface area contributed by atoms with E-state index in [1.54, 1.807) is 7.11 Å². The SMILES string of the molecule is COCCC1(C(N)=O)CCCC1. The fourth-order valence-corrected chi connectivity index (χ4v) is 1.97. The molecule has 0 aromatic carbocycles. The Balaban J connectivity index is 2.53. The van der Waals surface area contributed by atoms with Gasteiger partial charge in [-0.05, 0) is 19.3 Å². The van der Waals surface area contributed by atoms with Crippen molar-refractivity contribution in [3.63, 3.8) is 0 Å². The van der Waals surface area contributed by atoms with Crippen LogP contribution < -0.4 is 5.73 Å². The van der Waals surface area contributed by atoms with E-state index in [0.717, 1.165) is 32.1 Å². The quantitative estimate of drug-likeness (QED) is 0.687. The lowest BCUT2D eigenvalue weighted by Gasteiger charge is -2.24. The Kier molecular flexibility index (Phi) is 3.09. The Bertz CT molecular complexity index is 162. The minimum Gasteiger partial charge on any atom is -0.385 e. The van der Waals surface area contributed by atoms with Gasteiger partial charge in [-0.15, -0.1) is 0 Å². The van der Waals surface area contributed by atoms with Crippen molar-refractivity contribution in [1.29, 1.82) is 0 Å². The van der Waals surface area contributed by atoms with Crippen LogP contribution in [0.4, 0.5) is 0 Å². The van der Waals surface area contributed by atoms with Crippen LogP contribution in [0.25, 0.3) is 0 Å². The molecule has 1 fully saturated rings. The molecule has 0 aliphatic heterocycles. The highest BCUT2D eigenvalue weighted by Gasteiger charge is 2.38. The molecule has 0 unspecified atom stereocenters. The van der Waals surface area contributed by atoms with Gasteiger partial charge in [-0.1, -0.05) is 12.8 Å². The van der Waals surface area contributed by atoms with Gasteiger partial charge in [-0.2, -0.15) is 0 Å². The molecule has 2 N–H and O–H groups in total. The van der Waals surface area contributed by atoms with Crippen molar-refractivity contribution >= 4 is 5.91 Å². The van der Waals surface area contributed by atoms with Crippen LogP contribution in [-0.4, -0.2) is 19.6 Å². The number of methoxy groups -OCH3 is 1. The molecule has 0 bridgehead atoms. The van der Waals surface area contributed by atoms with Gasteiger partial charge >= 0.3 is 0 Å². The first kappa shape index (κ1) is 9.52. The molecule has 3 nitrogen and oxygen atoms in total. The van der Waals surface area contributed by atoms with E-state index in [2.05, 4.69) is 0 Å². The second-order valence-corrected chi connectivity index (χ2v) is 3.59. The average molecular weight is 171 g/mol. The van der Waals surface area contributed by atoms with Crippen molar-refractivity contribution in [2.75, 3.05) is 13.7 Å². The predicted molar refractivity (Wildman–Crippen MR) is 46.6 cm³/mol. The molecular formula is C9H17NO2. The smallest absolute Gasteiger partial charge is 0.223 e. The highest BCUT2D eigenvalue weighted by atomic mass is 16.5. The standard InChI is InChI=1S/C9H17NO2/c1-12-7-6-9(8(10)11)4-2-3-5-9/h2-7H2,1H3,(H2,10,11). The molecule has 1 rings (SSSR count). The van der Waals surface area contributed by atoms with E-state index in [4.69, 9.17) is 10.5 Å². The van der Waals surface area contributed by atoms with Crippen molar-refractivity contribution in [2.45, 2.75) is 32.1 Å². The molecule has 0 aromatic rings. The molecule has 12 heavy (non-hydrogen) atoms. The van der Waals surface area contributed by atoms with Gasteiger partial charge in [0.15, 0.2) is 0 Å². The normalized spacial score (nSPS) is 21.1. The first-order chi connectivity index (χ1) is 5.71. The van der Waals surface area contributed by atoms with Crippen molar-refractivity contribution in [3.8, 4) is 0 Å². The van der Waals surface area contributed by atoms with Gasteiger partial charge in [-0.25, -0.2) is 0 Å². The maximum Gasteiger partial charge on any atom is 0.223 e. The van der Waals surface area contributed by atoms with Crippen molar-refractivity contribution in [1.82, 2.24) is 0 Å². The maximum atomic E-state index is 11.2. The van der Waals surface area contributed by atoms with Gasteiger partial charge < -0.3 is 10.5 Å². The number of rotatable bonds is 4. The monoisotopic (exact) mass is 171 g/mol. The van der Waals surface area contributed by atoms with E-state index >= 15 is 0 Å². The molecular weight excluding hydrogens is 154 g/mol. The topological polar surface area (TPSA) is 52.3 Å². The highest BCUT2D eigenvalue weighted by Crippen LogP contribution is 2.40. The fraction of sp³-hybridized carbons (Fsp3) is 0.889. The largest absolute Gasteiger partial charge is 0.385 e. The summed E-state index contributed by atoms with van der Waals surface area (Å²) in [5.74, 6) is -0.142. The molecule has 70 valence electrons. The van der Waals surface area contributed by atoms with Crippen LogP contribution in [0, 0.1) is 5.41 Å². The van der Waals surface area contributed by atoms with Gasteiger partial charge in [0, 0.05) is 13.7 Å². The van der Waals surface area contributed by atoms with E-state index in [-0.39, 0.29) is 11.3 Å². The van der Waals surface area contributed by atoms with Crippen LogP contribution in [0.5, 0.6) is 0 Å². The minimum absolute atomic E-state index is 0.142. The Morgan fingerprint density at radius 1 is 1.50 bits per heavy atom. The van der Waals surface area contributed by atoms with Crippen molar-refractivity contribution < 1.29 is 9.53 Å². The van der Waals surface area contributed by atoms with E-state index in [1.807, 2.05) is 0 Å². The molecule has 0 spiro atoms. The van der Waals surface area contributed by atoms with Crippen LogP contribution in [0.2, 0.25) is 0 Å². The zero-order valence-corrected chi connectivity index (χ0v) is 7.64. The number of hydrogen-bond acceptors (Lipinski definition) is 2. The van der Waals surface area contributed by atoms with Crippen molar-refractivity contribution in [2.24, 2.45) is 11.1 Å². The zero-order chi connectivity index (χ0) is 9.03. The molecule has 0 saturated heterocycles. The molecule has 1 aliphatic rings. The van der Waals surface area contributed by atoms with E-state index in [1.165, 1.54) is 0 Å². The lowest BCUT2D eigenvalue weighted by atomic mass is 9.82. The third kappa shape index (κ3) is 1.78. The summed E-state index contributed by atoms with van der Waals surface area (Å²) < 4.78 is 4.97. The third-order valence-corrected chi connectivity index (χ3v) is 2.87. The van der Waals surface area contributed by atoms with Crippen LogP contribution in [0.3, 0.4) is 0 Å². The molecule has 0 aromatic heterocycles. The van der Waals surface area contributed by atoms with Gasteiger partial charge in [0.1, 0.15) is 0 Å². The summed E-state index contributed by atoms with van der Waals surface area (Å²) in [6.07, 6.45) is 4.95. The summed E-state index contributed by atoms with van der Waals surface area (Å²) in [6, 6.07) is 0. The summed E-state index contributed by atoms with van der Waals surface area (Å²) in [6.45, 7) is 0.642. The molecule has 1 amide bonds. The Morgan fingerprint density at radius 2 is 2.08 bits per heavy atom. The van der Waals surface area contributed by atoms with Gasteiger partial charge in [-0.3, -0.25) is 4.79 Å². The van der Waals surface area contributed by atoms with Crippen LogP contribution in [-0.2, 0) is 9.53 Å². The highest BCUT2D eigenvalue weighted by molar-refractivity contribution is 5.81. The molecule has 0 atom stereocenters. The van der Waals surface area contributed by atoms with Crippen LogP contribution in [0.15, 0.2) is 0 Å². The Morgan fingerprint density at radius 3 is 2.50 bits per heavy atom. The zero-order valence-electron chi connectivity index (χ0n) is 7.64.